The lowest BCUT2D eigenvalue weighted by Gasteiger charge is -1.97. The van der Waals surface area contributed by atoms with Crippen LogP contribution in [0.1, 0.15) is 23.2 Å². The Morgan fingerprint density at radius 3 is 3.07 bits per heavy atom. The highest BCUT2D eigenvalue weighted by Crippen LogP contribution is 2.17. The predicted molar refractivity (Wildman–Crippen MR) is 57.7 cm³/mol. The predicted octanol–water partition coefficient (Wildman–Crippen LogP) is 2.47. The van der Waals surface area contributed by atoms with Gasteiger partial charge in [0.1, 0.15) is 11.5 Å². The van der Waals surface area contributed by atoms with Gasteiger partial charge in [-0.25, -0.2) is 4.98 Å². The third-order valence-electron chi connectivity index (χ3n) is 2.13. The van der Waals surface area contributed by atoms with Crippen molar-refractivity contribution in [1.82, 2.24) is 9.38 Å². The van der Waals surface area contributed by atoms with E-state index in [9.17, 15) is 4.79 Å². The molecule has 2 aromatic heterocycles. The second-order valence-electron chi connectivity index (χ2n) is 2.98. The number of nitrogens with zero attached hydrogens (tertiary/aromatic N) is 2. The normalized spacial score (nSPS) is 10.7. The molecule has 0 amide bonds. The Morgan fingerprint density at radius 1 is 1.64 bits per heavy atom. The highest BCUT2D eigenvalue weighted by atomic mass is 79.9. The quantitative estimate of drug-likeness (QED) is 0.770. The van der Waals surface area contributed by atoms with Crippen LogP contribution in [0, 0.1) is 0 Å². The third-order valence-corrected chi connectivity index (χ3v) is 2.63. The second-order valence-corrected chi connectivity index (χ2v) is 3.90. The van der Waals surface area contributed by atoms with E-state index in [1.807, 2.05) is 29.7 Å². The minimum absolute atomic E-state index is 0.503. The highest BCUT2D eigenvalue weighted by Gasteiger charge is 2.08. The number of rotatable bonds is 2. The summed E-state index contributed by atoms with van der Waals surface area (Å²) >= 11 is 3.37. The van der Waals surface area contributed by atoms with Crippen LogP contribution in [0.25, 0.3) is 5.52 Å². The number of hydrogen-bond donors (Lipinski definition) is 0. The van der Waals surface area contributed by atoms with E-state index in [-0.39, 0.29) is 0 Å². The Hall–Kier alpha value is -1.16. The molecule has 0 unspecified atom stereocenters. The van der Waals surface area contributed by atoms with Crippen molar-refractivity contribution < 1.29 is 4.79 Å². The lowest BCUT2D eigenvalue weighted by Crippen LogP contribution is -1.90. The summed E-state index contributed by atoms with van der Waals surface area (Å²) in [5, 5.41) is 0. The molecule has 0 radical (unpaired) electrons. The van der Waals surface area contributed by atoms with Crippen LogP contribution in [0.4, 0.5) is 0 Å². The molecule has 3 nitrogen and oxygen atoms in total. The van der Waals surface area contributed by atoms with Crippen molar-refractivity contribution >= 4 is 27.7 Å². The first-order chi connectivity index (χ1) is 6.76. The minimum Gasteiger partial charge on any atom is -0.303 e. The molecule has 0 aliphatic rings. The molecule has 14 heavy (non-hydrogen) atoms. The Kier molecular flexibility index (Phi) is 2.37. The number of aryl methyl sites for hydroxylation is 1. The van der Waals surface area contributed by atoms with Crippen LogP contribution in [-0.2, 0) is 6.42 Å². The fourth-order valence-electron chi connectivity index (χ4n) is 1.48. The molecule has 0 saturated carbocycles. The molecular formula is C10H9BrN2O. The molecule has 72 valence electrons. The van der Waals surface area contributed by atoms with Gasteiger partial charge in [0.15, 0.2) is 6.29 Å². The summed E-state index contributed by atoms with van der Waals surface area (Å²) in [6, 6.07) is 3.83. The van der Waals surface area contributed by atoms with Crippen molar-refractivity contribution in [2.75, 3.05) is 0 Å². The van der Waals surface area contributed by atoms with E-state index in [1.165, 1.54) is 0 Å². The largest absolute Gasteiger partial charge is 0.303 e. The van der Waals surface area contributed by atoms with Crippen LogP contribution in [0.15, 0.2) is 22.8 Å². The van der Waals surface area contributed by atoms with E-state index in [0.717, 1.165) is 28.5 Å². The summed E-state index contributed by atoms with van der Waals surface area (Å²) < 4.78 is 2.89. The van der Waals surface area contributed by atoms with Crippen molar-refractivity contribution in [3.63, 3.8) is 0 Å². The number of aromatic nitrogens is 2. The second kappa shape index (κ2) is 3.53. The average Bonchev–Trinajstić information content (AvgIpc) is 2.55. The molecule has 2 aromatic rings. The van der Waals surface area contributed by atoms with E-state index in [4.69, 9.17) is 0 Å². The molecule has 0 saturated heterocycles. The van der Waals surface area contributed by atoms with Gasteiger partial charge in [0.2, 0.25) is 0 Å². The molecule has 2 heterocycles. The zero-order valence-corrected chi connectivity index (χ0v) is 9.28. The summed E-state index contributed by atoms with van der Waals surface area (Å²) in [5.74, 6) is 0.912. The van der Waals surface area contributed by atoms with Gasteiger partial charge in [0.05, 0.1) is 5.52 Å². The molecule has 0 fully saturated rings. The molecule has 0 aliphatic heterocycles. The zero-order chi connectivity index (χ0) is 10.1. The SMILES string of the molecule is CCc1nc(C=O)c2cc(Br)ccn12. The number of imidazole rings is 1. The number of carbonyl (C=O) groups excluding carboxylic acids is 1. The lowest BCUT2D eigenvalue weighted by molar-refractivity contribution is 0.112. The fourth-order valence-corrected chi connectivity index (χ4v) is 1.82. The van der Waals surface area contributed by atoms with E-state index >= 15 is 0 Å². The molecule has 2 rings (SSSR count). The molecular weight excluding hydrogens is 244 g/mol. The summed E-state index contributed by atoms with van der Waals surface area (Å²) in [6.45, 7) is 2.02. The summed E-state index contributed by atoms with van der Waals surface area (Å²) in [4.78, 5) is 15.0. The first kappa shape index (κ1) is 9.40. The van der Waals surface area contributed by atoms with Crippen molar-refractivity contribution in [3.05, 3.63) is 34.3 Å². The van der Waals surface area contributed by atoms with Gasteiger partial charge in [-0.15, -0.1) is 0 Å². The topological polar surface area (TPSA) is 34.4 Å². The molecule has 0 atom stereocenters. The van der Waals surface area contributed by atoms with E-state index in [1.54, 1.807) is 0 Å². The van der Waals surface area contributed by atoms with Gasteiger partial charge >= 0.3 is 0 Å². The van der Waals surface area contributed by atoms with Crippen molar-refractivity contribution in [2.45, 2.75) is 13.3 Å². The van der Waals surface area contributed by atoms with Crippen LogP contribution >= 0.6 is 15.9 Å². The third kappa shape index (κ3) is 1.35. The standard InChI is InChI=1S/C10H9BrN2O/c1-2-10-12-8(6-14)9-5-7(11)3-4-13(9)10/h3-6H,2H2,1H3. The molecule has 0 spiro atoms. The number of hydrogen-bond acceptors (Lipinski definition) is 2. The van der Waals surface area contributed by atoms with E-state index in [2.05, 4.69) is 20.9 Å². The van der Waals surface area contributed by atoms with Crippen LogP contribution in [0.5, 0.6) is 0 Å². The zero-order valence-electron chi connectivity index (χ0n) is 7.70. The Labute approximate surface area is 89.9 Å². The maximum Gasteiger partial charge on any atom is 0.170 e. The van der Waals surface area contributed by atoms with Gasteiger partial charge in [-0.3, -0.25) is 4.79 Å². The summed E-state index contributed by atoms with van der Waals surface area (Å²) in [7, 11) is 0. The highest BCUT2D eigenvalue weighted by molar-refractivity contribution is 9.10. The lowest BCUT2D eigenvalue weighted by atomic mass is 10.3. The van der Waals surface area contributed by atoms with Crippen LogP contribution in [0.2, 0.25) is 0 Å². The number of halogens is 1. The number of aldehydes is 1. The smallest absolute Gasteiger partial charge is 0.170 e. The molecule has 0 aliphatic carbocycles. The Morgan fingerprint density at radius 2 is 2.43 bits per heavy atom. The van der Waals surface area contributed by atoms with E-state index in [0.29, 0.717) is 5.69 Å². The number of carbonyl (C=O) groups is 1. The van der Waals surface area contributed by atoms with Gasteiger partial charge in [0.25, 0.3) is 0 Å². The first-order valence-electron chi connectivity index (χ1n) is 4.38. The maximum atomic E-state index is 10.8. The van der Waals surface area contributed by atoms with Crippen LogP contribution in [-0.4, -0.2) is 15.7 Å². The van der Waals surface area contributed by atoms with Crippen molar-refractivity contribution in [2.24, 2.45) is 0 Å². The van der Waals surface area contributed by atoms with Crippen LogP contribution in [0.3, 0.4) is 0 Å². The molecule has 4 heteroatoms. The fraction of sp³-hybridized carbons (Fsp3) is 0.200. The Balaban J connectivity index is 2.82. The first-order valence-corrected chi connectivity index (χ1v) is 5.17. The monoisotopic (exact) mass is 252 g/mol. The molecule has 0 bridgehead atoms. The number of pyridine rings is 1. The van der Waals surface area contributed by atoms with Crippen molar-refractivity contribution in [1.29, 1.82) is 0 Å². The molecule has 0 aromatic carbocycles. The van der Waals surface area contributed by atoms with E-state index < -0.39 is 0 Å². The number of fused-ring (bicyclic) bond motifs is 1. The van der Waals surface area contributed by atoms with Crippen LogP contribution < -0.4 is 0 Å². The van der Waals surface area contributed by atoms with Gasteiger partial charge in [-0.2, -0.15) is 0 Å². The van der Waals surface area contributed by atoms with Gasteiger partial charge < -0.3 is 4.40 Å². The Bertz CT molecular complexity index is 490. The van der Waals surface area contributed by atoms with Gasteiger partial charge in [-0.1, -0.05) is 22.9 Å². The summed E-state index contributed by atoms with van der Waals surface area (Å²) in [6.07, 6.45) is 3.52. The van der Waals surface area contributed by atoms with Gasteiger partial charge in [-0.05, 0) is 12.1 Å². The van der Waals surface area contributed by atoms with Crippen molar-refractivity contribution in [3.8, 4) is 0 Å². The molecule has 0 N–H and O–H groups in total. The summed E-state index contributed by atoms with van der Waals surface area (Å²) in [5.41, 5.74) is 1.36. The average molecular weight is 253 g/mol. The maximum absolute atomic E-state index is 10.8. The minimum atomic E-state index is 0.503. The van der Waals surface area contributed by atoms with Gasteiger partial charge in [0, 0.05) is 17.1 Å².